The monoisotopic (exact) mass is 352 g/mol. The van der Waals surface area contributed by atoms with Crippen LogP contribution in [-0.4, -0.2) is 30.2 Å². The Morgan fingerprint density at radius 3 is 2.41 bits per heavy atom. The van der Waals surface area contributed by atoms with Gasteiger partial charge >= 0.3 is 0 Å². The van der Waals surface area contributed by atoms with Crippen molar-refractivity contribution >= 4 is 11.0 Å². The molecular weight excluding hydrogens is 336 g/mol. The number of aromatic nitrogens is 6. The lowest BCUT2D eigenvalue weighted by molar-refractivity contribution is 0.881. The van der Waals surface area contributed by atoms with Gasteiger partial charge in [0.1, 0.15) is 6.33 Å². The lowest BCUT2D eigenvalue weighted by Crippen LogP contribution is -1.97. The van der Waals surface area contributed by atoms with Crippen LogP contribution in [0.3, 0.4) is 0 Å². The van der Waals surface area contributed by atoms with Crippen molar-refractivity contribution < 1.29 is 0 Å². The van der Waals surface area contributed by atoms with Crippen molar-refractivity contribution in [1.82, 2.24) is 30.2 Å². The summed E-state index contributed by atoms with van der Waals surface area (Å²) in [6, 6.07) is 22.6. The van der Waals surface area contributed by atoms with Crippen LogP contribution in [0, 0.1) is 6.92 Å². The molecule has 0 saturated carbocycles. The largest absolute Gasteiger partial charge is 0.298 e. The first kappa shape index (κ1) is 15.5. The summed E-state index contributed by atoms with van der Waals surface area (Å²) in [4.78, 5) is 4.63. The third-order valence-electron chi connectivity index (χ3n) is 4.76. The number of tetrazole rings is 1. The summed E-state index contributed by atoms with van der Waals surface area (Å²) < 4.78 is 2.13. The molecule has 6 nitrogen and oxygen atoms in total. The van der Waals surface area contributed by atoms with Gasteiger partial charge in [-0.05, 0) is 40.6 Å². The first-order chi connectivity index (χ1) is 13.3. The SMILES string of the molecule is Cc1cccc2c1ncn2-c1ccccc1-c1ccccc1-c1nnn[nH]1. The van der Waals surface area contributed by atoms with Gasteiger partial charge in [0.05, 0.1) is 16.7 Å². The third-order valence-corrected chi connectivity index (χ3v) is 4.76. The van der Waals surface area contributed by atoms with E-state index in [0.29, 0.717) is 5.82 Å². The minimum Gasteiger partial charge on any atom is -0.298 e. The van der Waals surface area contributed by atoms with Crippen LogP contribution in [0.4, 0.5) is 0 Å². The quantitative estimate of drug-likeness (QED) is 0.529. The summed E-state index contributed by atoms with van der Waals surface area (Å²) in [7, 11) is 0. The van der Waals surface area contributed by atoms with Gasteiger partial charge in [0.25, 0.3) is 0 Å². The molecule has 5 rings (SSSR count). The molecule has 0 aliphatic rings. The normalized spacial score (nSPS) is 11.1. The standard InChI is InChI=1S/C21H16N6/c1-14-7-6-12-19-20(14)22-13-27(19)18-11-5-4-9-16(18)15-8-2-3-10-17(15)21-23-25-26-24-21/h2-13H,1H3,(H,23,24,25,26). The van der Waals surface area contributed by atoms with Gasteiger partial charge in [-0.25, -0.2) is 10.1 Å². The van der Waals surface area contributed by atoms with Crippen molar-refractivity contribution in [3.63, 3.8) is 0 Å². The number of nitrogens with one attached hydrogen (secondary N) is 1. The van der Waals surface area contributed by atoms with E-state index in [1.807, 2.05) is 36.7 Å². The van der Waals surface area contributed by atoms with E-state index in [2.05, 4.69) is 73.5 Å². The molecule has 0 spiro atoms. The predicted molar refractivity (Wildman–Crippen MR) is 104 cm³/mol. The molecule has 130 valence electrons. The number of aromatic amines is 1. The zero-order valence-electron chi connectivity index (χ0n) is 14.7. The second-order valence-corrected chi connectivity index (χ2v) is 6.37. The summed E-state index contributed by atoms with van der Waals surface area (Å²) in [5.41, 5.74) is 7.42. The summed E-state index contributed by atoms with van der Waals surface area (Å²) in [6.07, 6.45) is 1.88. The zero-order chi connectivity index (χ0) is 18.2. The van der Waals surface area contributed by atoms with Gasteiger partial charge in [-0.1, -0.05) is 54.6 Å². The topological polar surface area (TPSA) is 72.3 Å². The van der Waals surface area contributed by atoms with E-state index in [1.165, 1.54) is 0 Å². The minimum atomic E-state index is 0.645. The molecule has 0 unspecified atom stereocenters. The van der Waals surface area contributed by atoms with E-state index in [9.17, 15) is 0 Å². The maximum absolute atomic E-state index is 4.63. The van der Waals surface area contributed by atoms with Crippen LogP contribution in [0.2, 0.25) is 0 Å². The molecule has 0 aliphatic heterocycles. The highest BCUT2D eigenvalue weighted by molar-refractivity contribution is 5.87. The molecule has 0 atom stereocenters. The minimum absolute atomic E-state index is 0.645. The van der Waals surface area contributed by atoms with E-state index in [-0.39, 0.29) is 0 Å². The number of hydrogen-bond donors (Lipinski definition) is 1. The van der Waals surface area contributed by atoms with E-state index in [1.54, 1.807) is 0 Å². The number of nitrogens with zero attached hydrogens (tertiary/aromatic N) is 5. The Morgan fingerprint density at radius 1 is 0.815 bits per heavy atom. The van der Waals surface area contributed by atoms with Crippen LogP contribution in [0.15, 0.2) is 73.1 Å². The zero-order valence-corrected chi connectivity index (χ0v) is 14.7. The van der Waals surface area contributed by atoms with Gasteiger partial charge < -0.3 is 0 Å². The van der Waals surface area contributed by atoms with Gasteiger partial charge in [0, 0.05) is 11.1 Å². The number of H-pyrrole nitrogens is 1. The number of fused-ring (bicyclic) bond motifs is 1. The lowest BCUT2D eigenvalue weighted by atomic mass is 9.97. The number of imidazole rings is 1. The van der Waals surface area contributed by atoms with Crippen LogP contribution in [0.1, 0.15) is 5.56 Å². The molecule has 0 fully saturated rings. The Hall–Kier alpha value is -3.80. The van der Waals surface area contributed by atoms with Crippen molar-refractivity contribution in [2.24, 2.45) is 0 Å². The smallest absolute Gasteiger partial charge is 0.180 e. The molecule has 0 bridgehead atoms. The molecule has 5 aromatic rings. The Kier molecular flexibility index (Phi) is 3.53. The van der Waals surface area contributed by atoms with Gasteiger partial charge in [0.15, 0.2) is 5.82 Å². The van der Waals surface area contributed by atoms with Crippen LogP contribution < -0.4 is 0 Å². The number of benzene rings is 3. The number of para-hydroxylation sites is 2. The van der Waals surface area contributed by atoms with Gasteiger partial charge in [-0.3, -0.25) is 4.57 Å². The van der Waals surface area contributed by atoms with E-state index in [0.717, 1.165) is 39.0 Å². The second kappa shape index (κ2) is 6.17. The maximum Gasteiger partial charge on any atom is 0.180 e. The second-order valence-electron chi connectivity index (χ2n) is 6.37. The first-order valence-electron chi connectivity index (χ1n) is 8.68. The fraction of sp³-hybridized carbons (Fsp3) is 0.0476. The molecular formula is C21H16N6. The highest BCUT2D eigenvalue weighted by Gasteiger charge is 2.15. The van der Waals surface area contributed by atoms with Gasteiger partial charge in [0.2, 0.25) is 0 Å². The highest BCUT2D eigenvalue weighted by Crippen LogP contribution is 2.35. The summed E-state index contributed by atoms with van der Waals surface area (Å²) >= 11 is 0. The van der Waals surface area contributed by atoms with Crippen LogP contribution in [-0.2, 0) is 0 Å². The Labute approximate surface area is 155 Å². The van der Waals surface area contributed by atoms with Gasteiger partial charge in [-0.15, -0.1) is 5.10 Å². The van der Waals surface area contributed by atoms with Crippen molar-refractivity contribution in [2.75, 3.05) is 0 Å². The lowest BCUT2D eigenvalue weighted by Gasteiger charge is -2.14. The molecule has 6 heteroatoms. The molecule has 27 heavy (non-hydrogen) atoms. The average Bonchev–Trinajstić information content (AvgIpc) is 3.39. The molecule has 2 heterocycles. The first-order valence-corrected chi connectivity index (χ1v) is 8.68. The molecule has 1 N–H and O–H groups in total. The van der Waals surface area contributed by atoms with Crippen LogP contribution >= 0.6 is 0 Å². The molecule has 2 aromatic heterocycles. The molecule has 0 amide bonds. The van der Waals surface area contributed by atoms with E-state index >= 15 is 0 Å². The Balaban J connectivity index is 1.77. The summed E-state index contributed by atoms with van der Waals surface area (Å²) in [5, 5.41) is 14.4. The molecule has 0 radical (unpaired) electrons. The Morgan fingerprint density at radius 2 is 1.59 bits per heavy atom. The van der Waals surface area contributed by atoms with Crippen molar-refractivity contribution in [1.29, 1.82) is 0 Å². The highest BCUT2D eigenvalue weighted by atomic mass is 15.5. The van der Waals surface area contributed by atoms with Crippen molar-refractivity contribution in [2.45, 2.75) is 6.92 Å². The Bertz CT molecular complexity index is 1240. The van der Waals surface area contributed by atoms with Crippen LogP contribution in [0.5, 0.6) is 0 Å². The predicted octanol–water partition coefficient (Wildman–Crippen LogP) is 4.18. The fourth-order valence-corrected chi connectivity index (χ4v) is 3.48. The number of hydrogen-bond acceptors (Lipinski definition) is 4. The van der Waals surface area contributed by atoms with Gasteiger partial charge in [-0.2, -0.15) is 0 Å². The maximum atomic E-state index is 4.63. The van der Waals surface area contributed by atoms with Crippen molar-refractivity contribution in [3.05, 3.63) is 78.6 Å². The third kappa shape index (κ3) is 2.50. The summed E-state index contributed by atoms with van der Waals surface area (Å²) in [5.74, 6) is 0.645. The number of rotatable bonds is 3. The molecule has 0 aliphatic carbocycles. The summed E-state index contributed by atoms with van der Waals surface area (Å²) in [6.45, 7) is 2.08. The fourth-order valence-electron chi connectivity index (χ4n) is 3.48. The van der Waals surface area contributed by atoms with E-state index in [4.69, 9.17) is 0 Å². The number of aryl methyl sites for hydroxylation is 1. The van der Waals surface area contributed by atoms with Crippen molar-refractivity contribution in [3.8, 4) is 28.2 Å². The van der Waals surface area contributed by atoms with Crippen LogP contribution in [0.25, 0.3) is 39.2 Å². The molecule has 0 saturated heterocycles. The molecule has 3 aromatic carbocycles. The van der Waals surface area contributed by atoms with E-state index < -0.39 is 0 Å². The average molecular weight is 352 g/mol.